The Labute approximate surface area is 295 Å². The molecule has 284 valence electrons. The summed E-state index contributed by atoms with van der Waals surface area (Å²) in [7, 11) is 3.91. The highest BCUT2D eigenvalue weighted by molar-refractivity contribution is 5.98. The van der Waals surface area contributed by atoms with Crippen molar-refractivity contribution in [2.75, 3.05) is 40.3 Å². The van der Waals surface area contributed by atoms with Crippen LogP contribution in [-0.2, 0) is 38.4 Å². The van der Waals surface area contributed by atoms with Crippen molar-refractivity contribution in [1.82, 2.24) is 47.4 Å². The van der Waals surface area contributed by atoms with E-state index in [4.69, 9.17) is 0 Å². The van der Waals surface area contributed by atoms with Gasteiger partial charge >= 0.3 is 0 Å². The molecule has 1 aliphatic rings. The molecule has 1 atom stereocenters. The Morgan fingerprint density at radius 3 is 1.82 bits per heavy atom. The van der Waals surface area contributed by atoms with Gasteiger partial charge in [0.15, 0.2) is 0 Å². The number of carbonyl (C=O) groups is 8. The van der Waals surface area contributed by atoms with Crippen LogP contribution in [0.3, 0.4) is 0 Å². The smallest absolute Gasteiger partial charge is 0.246 e. The molecule has 0 radical (unpaired) electrons. The molecule has 1 saturated carbocycles. The maximum atomic E-state index is 13.3. The lowest BCUT2D eigenvalue weighted by Crippen LogP contribution is -2.64. The molecule has 1 fully saturated rings. The fraction of sp³-hybridized carbons (Fsp3) is 0.758. The van der Waals surface area contributed by atoms with Crippen molar-refractivity contribution >= 4 is 47.8 Å². The second kappa shape index (κ2) is 18.6. The van der Waals surface area contributed by atoms with Gasteiger partial charge in [0, 0.05) is 19.5 Å². The molecule has 8 N–H and O–H groups in total. The summed E-state index contributed by atoms with van der Waals surface area (Å²) < 4.78 is 0. The number of carbonyl (C=O) groups excluding carboxylic acids is 8. The van der Waals surface area contributed by atoms with Crippen LogP contribution in [0.15, 0.2) is 0 Å². The maximum absolute atomic E-state index is 13.3. The first-order valence-electron chi connectivity index (χ1n) is 16.9. The van der Waals surface area contributed by atoms with Crippen LogP contribution in [0.25, 0.3) is 0 Å². The molecule has 1 aliphatic carbocycles. The van der Waals surface area contributed by atoms with E-state index in [1.807, 2.05) is 32.8 Å². The molecular formula is C33H59N9O8. The maximum Gasteiger partial charge on any atom is 0.246 e. The fourth-order valence-electron chi connectivity index (χ4n) is 5.26. The largest absolute Gasteiger partial charge is 0.354 e. The van der Waals surface area contributed by atoms with Gasteiger partial charge in [0.25, 0.3) is 0 Å². The Morgan fingerprint density at radius 1 is 0.740 bits per heavy atom. The Bertz CT molecular complexity index is 1260. The summed E-state index contributed by atoms with van der Waals surface area (Å²) in [4.78, 5) is 102. The van der Waals surface area contributed by atoms with E-state index in [0.29, 0.717) is 6.41 Å². The lowest BCUT2D eigenvalue weighted by Gasteiger charge is -2.44. The number of nitrogens with one attached hydrogen (secondary N) is 8. The quantitative estimate of drug-likeness (QED) is 0.0625. The Kier molecular flexibility index (Phi) is 16.3. The molecule has 1 unspecified atom stereocenters. The van der Waals surface area contributed by atoms with Gasteiger partial charge in [-0.15, -0.1) is 0 Å². The second-order valence-electron chi connectivity index (χ2n) is 15.2. The Balaban J connectivity index is 2.73. The molecule has 17 nitrogen and oxygen atoms in total. The van der Waals surface area contributed by atoms with Crippen molar-refractivity contribution in [1.29, 1.82) is 0 Å². The SMILES string of the molecule is CC(C)CC(NC(=O)CNC(=O)C(C)(C)NC(=O)CNC=O)C(=O)NC(C)(C)C(=O)NC(C)(C)C(=O)NCCC(=O)NC1(CN(C)C)CCC1. The van der Waals surface area contributed by atoms with E-state index in [2.05, 4.69) is 42.5 Å². The molecule has 0 aromatic heterocycles. The van der Waals surface area contributed by atoms with E-state index in [-0.39, 0.29) is 43.3 Å². The van der Waals surface area contributed by atoms with Crippen LogP contribution in [0.5, 0.6) is 0 Å². The Morgan fingerprint density at radius 2 is 1.30 bits per heavy atom. The van der Waals surface area contributed by atoms with Crippen LogP contribution in [0, 0.1) is 5.92 Å². The van der Waals surface area contributed by atoms with E-state index >= 15 is 0 Å². The van der Waals surface area contributed by atoms with Crippen molar-refractivity contribution in [2.24, 2.45) is 5.92 Å². The number of hydrogen-bond donors (Lipinski definition) is 8. The molecule has 0 spiro atoms. The van der Waals surface area contributed by atoms with Crippen molar-refractivity contribution < 1.29 is 38.4 Å². The van der Waals surface area contributed by atoms with Crippen molar-refractivity contribution in [3.63, 3.8) is 0 Å². The molecule has 0 bridgehead atoms. The monoisotopic (exact) mass is 709 g/mol. The molecule has 0 aromatic rings. The van der Waals surface area contributed by atoms with Crippen molar-refractivity contribution in [3.8, 4) is 0 Å². The summed E-state index contributed by atoms with van der Waals surface area (Å²) in [6.45, 7) is 12.4. The molecule has 0 heterocycles. The summed E-state index contributed by atoms with van der Waals surface area (Å²) in [6, 6.07) is -1.06. The number of rotatable bonds is 21. The predicted octanol–water partition coefficient (Wildman–Crippen LogP) is -1.83. The van der Waals surface area contributed by atoms with Gasteiger partial charge in [-0.3, -0.25) is 38.4 Å². The van der Waals surface area contributed by atoms with E-state index in [0.717, 1.165) is 25.8 Å². The summed E-state index contributed by atoms with van der Waals surface area (Å²) in [5.41, 5.74) is -4.54. The number of nitrogens with zero attached hydrogens (tertiary/aromatic N) is 1. The predicted molar refractivity (Wildman–Crippen MR) is 186 cm³/mol. The standard InChI is InChI=1S/C33H59N9O8/c1-21(2)16-22(37-24(45)18-36-28(49)30(3,4)38-25(46)17-34-20-43)26(47)40-32(7,8)29(50)41-31(5,6)27(48)35-15-12-23(44)39-33(13-11-14-33)19-42(9)10/h20-22H,11-19H2,1-10H3,(H,34,43)(H,35,48)(H,36,49)(H,37,45)(H,38,46)(H,39,44)(H,40,47)(H,41,50). The number of hydrogen-bond acceptors (Lipinski definition) is 9. The molecule has 1 rings (SSSR count). The zero-order valence-electron chi connectivity index (χ0n) is 31.3. The van der Waals surface area contributed by atoms with E-state index in [9.17, 15) is 38.4 Å². The first kappa shape index (κ1) is 43.7. The molecule has 0 saturated heterocycles. The zero-order valence-corrected chi connectivity index (χ0v) is 31.3. The molecule has 0 aliphatic heterocycles. The van der Waals surface area contributed by atoms with Crippen LogP contribution in [0.2, 0.25) is 0 Å². The summed E-state index contributed by atoms with van der Waals surface area (Å²) >= 11 is 0. The molecule has 17 heteroatoms. The van der Waals surface area contributed by atoms with Gasteiger partial charge in [0.1, 0.15) is 22.7 Å². The fourth-order valence-corrected chi connectivity index (χ4v) is 5.26. The van der Waals surface area contributed by atoms with E-state index in [1.54, 1.807) is 0 Å². The van der Waals surface area contributed by atoms with E-state index in [1.165, 1.54) is 41.5 Å². The van der Waals surface area contributed by atoms with E-state index < -0.39 is 64.6 Å². The first-order valence-corrected chi connectivity index (χ1v) is 16.9. The van der Waals surface area contributed by atoms with Crippen LogP contribution >= 0.6 is 0 Å². The third-order valence-electron chi connectivity index (χ3n) is 8.10. The minimum absolute atomic E-state index is 0.0383. The average Bonchev–Trinajstić information content (AvgIpc) is 2.95. The number of likely N-dealkylation sites (N-methyl/N-ethyl adjacent to an activating group) is 1. The highest BCUT2D eigenvalue weighted by atomic mass is 16.2. The van der Waals surface area contributed by atoms with Crippen molar-refractivity contribution in [3.05, 3.63) is 0 Å². The molecule has 8 amide bonds. The highest BCUT2D eigenvalue weighted by Crippen LogP contribution is 2.32. The summed E-state index contributed by atoms with van der Waals surface area (Å²) in [5.74, 6) is -3.99. The van der Waals surface area contributed by atoms with Crippen LogP contribution in [0.1, 0.15) is 87.5 Å². The lowest BCUT2D eigenvalue weighted by molar-refractivity contribution is -0.138. The first-order chi connectivity index (χ1) is 22.9. The molecule has 50 heavy (non-hydrogen) atoms. The normalized spacial score (nSPS) is 14.7. The molecule has 0 aromatic carbocycles. The molecular weight excluding hydrogens is 650 g/mol. The highest BCUT2D eigenvalue weighted by Gasteiger charge is 2.40. The van der Waals surface area contributed by atoms with Gasteiger partial charge in [-0.25, -0.2) is 0 Å². The third kappa shape index (κ3) is 14.7. The minimum Gasteiger partial charge on any atom is -0.354 e. The van der Waals surface area contributed by atoms with Gasteiger partial charge in [-0.05, 0) is 87.2 Å². The van der Waals surface area contributed by atoms with Crippen molar-refractivity contribution in [2.45, 2.75) is 116 Å². The minimum atomic E-state index is -1.51. The third-order valence-corrected chi connectivity index (χ3v) is 8.10. The van der Waals surface area contributed by atoms with Gasteiger partial charge in [-0.1, -0.05) is 13.8 Å². The van der Waals surface area contributed by atoms with Gasteiger partial charge in [0.2, 0.25) is 47.8 Å². The van der Waals surface area contributed by atoms with Crippen LogP contribution in [0.4, 0.5) is 0 Å². The topological polar surface area (TPSA) is 236 Å². The lowest BCUT2D eigenvalue weighted by atomic mass is 9.76. The number of amides is 8. The average molecular weight is 710 g/mol. The van der Waals surface area contributed by atoms with Gasteiger partial charge in [0.05, 0.1) is 18.6 Å². The Hall–Kier alpha value is -4.28. The summed E-state index contributed by atoms with van der Waals surface area (Å²) in [6.07, 6.45) is 3.50. The summed E-state index contributed by atoms with van der Waals surface area (Å²) in [5, 5.41) is 20.7. The van der Waals surface area contributed by atoms with Crippen LogP contribution < -0.4 is 42.5 Å². The second-order valence-corrected chi connectivity index (χ2v) is 15.2. The van der Waals surface area contributed by atoms with Gasteiger partial charge < -0.3 is 47.4 Å². The zero-order chi connectivity index (χ0) is 38.5. The van der Waals surface area contributed by atoms with Crippen LogP contribution in [-0.4, -0.2) is 121 Å². The van der Waals surface area contributed by atoms with Gasteiger partial charge in [-0.2, -0.15) is 0 Å².